The van der Waals surface area contributed by atoms with Crippen LogP contribution in [0.25, 0.3) is 5.69 Å². The van der Waals surface area contributed by atoms with Crippen molar-refractivity contribution in [3.63, 3.8) is 0 Å². The van der Waals surface area contributed by atoms with E-state index in [-0.39, 0.29) is 0 Å². The minimum atomic E-state index is 0.425. The molecular weight excluding hydrogens is 406 g/mol. The molecule has 1 aromatic carbocycles. The number of ether oxygens (including phenoxy) is 2. The van der Waals surface area contributed by atoms with E-state index in [1.807, 2.05) is 35.9 Å². The Morgan fingerprint density at radius 2 is 1.94 bits per heavy atom. The number of aromatic nitrogens is 5. The second-order valence-corrected chi connectivity index (χ2v) is 7.46. The molecule has 0 aliphatic carbocycles. The van der Waals surface area contributed by atoms with E-state index in [4.69, 9.17) is 14.5 Å². The number of nitrogens with one attached hydrogen (secondary N) is 1. The second kappa shape index (κ2) is 8.18. The summed E-state index contributed by atoms with van der Waals surface area (Å²) < 4.78 is 13.2. The van der Waals surface area contributed by atoms with E-state index in [9.17, 15) is 0 Å². The van der Waals surface area contributed by atoms with Crippen molar-refractivity contribution in [3.8, 4) is 17.2 Å². The van der Waals surface area contributed by atoms with Crippen LogP contribution < -0.4 is 19.7 Å². The summed E-state index contributed by atoms with van der Waals surface area (Å²) in [5.41, 5.74) is 3.98. The number of rotatable bonds is 5. The van der Waals surface area contributed by atoms with Crippen LogP contribution in [0.5, 0.6) is 11.5 Å². The molecule has 0 atom stereocenters. The molecule has 4 heterocycles. The Kier molecular flexibility index (Phi) is 5.06. The molecule has 1 N–H and O–H groups in total. The molecule has 0 saturated carbocycles. The fourth-order valence-corrected chi connectivity index (χ4v) is 3.69. The highest BCUT2D eigenvalue weighted by Gasteiger charge is 2.23. The molecule has 9 nitrogen and oxygen atoms in total. The van der Waals surface area contributed by atoms with Crippen molar-refractivity contribution in [2.45, 2.75) is 13.8 Å². The Hall–Kier alpha value is -4.14. The Labute approximate surface area is 185 Å². The maximum atomic E-state index is 5.78. The number of para-hydroxylation sites is 1. The molecule has 5 rings (SSSR count). The molecular formula is C23H23N7O2. The fraction of sp³-hybridized carbons (Fsp3) is 0.217. The lowest BCUT2D eigenvalue weighted by Crippen LogP contribution is -2.30. The van der Waals surface area contributed by atoms with Crippen molar-refractivity contribution in [1.29, 1.82) is 0 Å². The number of aryl methyl sites for hydroxylation is 2. The summed E-state index contributed by atoms with van der Waals surface area (Å²) in [6.45, 7) is 5.30. The van der Waals surface area contributed by atoms with Crippen LogP contribution >= 0.6 is 0 Å². The van der Waals surface area contributed by atoms with Crippen LogP contribution in [-0.2, 0) is 0 Å². The smallest absolute Gasteiger partial charge is 0.230 e. The van der Waals surface area contributed by atoms with Crippen LogP contribution in [0.3, 0.4) is 0 Å². The van der Waals surface area contributed by atoms with Gasteiger partial charge in [0, 0.05) is 18.0 Å². The fourth-order valence-electron chi connectivity index (χ4n) is 3.69. The summed E-state index contributed by atoms with van der Waals surface area (Å²) in [5, 5.41) is 3.18. The van der Waals surface area contributed by atoms with Crippen LogP contribution in [-0.4, -0.2) is 44.8 Å². The van der Waals surface area contributed by atoms with Crippen LogP contribution in [0.1, 0.15) is 11.3 Å². The van der Waals surface area contributed by atoms with Crippen LogP contribution in [0.2, 0.25) is 0 Å². The molecule has 162 valence electrons. The highest BCUT2D eigenvalue weighted by molar-refractivity contribution is 5.70. The van der Waals surface area contributed by atoms with Crippen molar-refractivity contribution in [3.05, 3.63) is 66.5 Å². The maximum absolute atomic E-state index is 5.78. The van der Waals surface area contributed by atoms with E-state index in [0.717, 1.165) is 22.9 Å². The van der Waals surface area contributed by atoms with Gasteiger partial charge in [0.15, 0.2) is 11.6 Å². The predicted octanol–water partition coefficient (Wildman–Crippen LogP) is 3.96. The summed E-state index contributed by atoms with van der Waals surface area (Å²) in [6, 6.07) is 10.0. The van der Waals surface area contributed by atoms with Gasteiger partial charge in [-0.2, -0.15) is 4.98 Å². The van der Waals surface area contributed by atoms with E-state index in [0.29, 0.717) is 36.4 Å². The molecule has 0 bridgehead atoms. The number of pyridine rings is 1. The van der Waals surface area contributed by atoms with Crippen LogP contribution in [0, 0.1) is 13.8 Å². The Balaban J connectivity index is 1.46. The summed E-state index contributed by atoms with van der Waals surface area (Å²) in [5.74, 6) is 3.03. The van der Waals surface area contributed by atoms with Crippen molar-refractivity contribution >= 4 is 23.3 Å². The number of fused-ring (bicyclic) bond motifs is 1. The highest BCUT2D eigenvalue weighted by Crippen LogP contribution is 2.36. The first-order valence-corrected chi connectivity index (χ1v) is 10.3. The minimum Gasteiger partial charge on any atom is -0.494 e. The molecule has 0 saturated heterocycles. The molecule has 4 aromatic rings. The van der Waals surface area contributed by atoms with Gasteiger partial charge < -0.3 is 24.3 Å². The molecule has 0 unspecified atom stereocenters. The Morgan fingerprint density at radius 3 is 2.72 bits per heavy atom. The van der Waals surface area contributed by atoms with Gasteiger partial charge in [-0.1, -0.05) is 18.2 Å². The standard InChI is InChI=1S/C23H23N7O2/c1-15-6-4-5-7-17(15)30-8-9-32-20-12-25-23(28-22(20)30)27-21-10-19(31-3)18(11-24-21)29-13-16(2)26-14-29/h4-7,10-14H,8-9H2,1-3H3,(H,24,25,27,28). The monoisotopic (exact) mass is 429 g/mol. The molecule has 0 fully saturated rings. The molecule has 0 radical (unpaired) electrons. The lowest BCUT2D eigenvalue weighted by atomic mass is 10.1. The van der Waals surface area contributed by atoms with Crippen molar-refractivity contribution in [2.24, 2.45) is 0 Å². The topological polar surface area (TPSA) is 90.2 Å². The minimum absolute atomic E-state index is 0.425. The normalized spacial score (nSPS) is 12.8. The number of nitrogens with zero attached hydrogens (tertiary/aromatic N) is 6. The van der Waals surface area contributed by atoms with Crippen molar-refractivity contribution < 1.29 is 9.47 Å². The predicted molar refractivity (Wildman–Crippen MR) is 122 cm³/mol. The first-order chi connectivity index (χ1) is 15.6. The summed E-state index contributed by atoms with van der Waals surface area (Å²) >= 11 is 0. The van der Waals surface area contributed by atoms with Gasteiger partial charge in [-0.25, -0.2) is 15.0 Å². The summed E-state index contributed by atoms with van der Waals surface area (Å²) in [7, 11) is 1.62. The van der Waals surface area contributed by atoms with Crippen LogP contribution in [0.15, 0.2) is 55.2 Å². The average molecular weight is 429 g/mol. The van der Waals surface area contributed by atoms with Crippen molar-refractivity contribution in [1.82, 2.24) is 24.5 Å². The maximum Gasteiger partial charge on any atom is 0.230 e. The third kappa shape index (κ3) is 3.68. The second-order valence-electron chi connectivity index (χ2n) is 7.46. The highest BCUT2D eigenvalue weighted by atomic mass is 16.5. The van der Waals surface area contributed by atoms with E-state index in [2.05, 4.69) is 44.2 Å². The molecule has 9 heteroatoms. The molecule has 3 aromatic heterocycles. The van der Waals surface area contributed by atoms with Gasteiger partial charge in [-0.3, -0.25) is 0 Å². The van der Waals surface area contributed by atoms with Crippen LogP contribution in [0.4, 0.5) is 23.3 Å². The molecule has 1 aliphatic rings. The number of hydrogen-bond acceptors (Lipinski definition) is 8. The van der Waals surface area contributed by atoms with Gasteiger partial charge in [-0.15, -0.1) is 0 Å². The number of anilines is 4. The molecule has 0 amide bonds. The lowest BCUT2D eigenvalue weighted by molar-refractivity contribution is 0.310. The Morgan fingerprint density at radius 1 is 1.06 bits per heavy atom. The zero-order chi connectivity index (χ0) is 22.1. The van der Waals surface area contributed by atoms with Gasteiger partial charge in [0.05, 0.1) is 38.1 Å². The number of hydrogen-bond donors (Lipinski definition) is 1. The van der Waals surface area contributed by atoms with E-state index in [1.165, 1.54) is 5.56 Å². The average Bonchev–Trinajstić information content (AvgIpc) is 3.25. The Bertz CT molecular complexity index is 1270. The van der Waals surface area contributed by atoms with E-state index < -0.39 is 0 Å². The number of benzene rings is 1. The van der Waals surface area contributed by atoms with Gasteiger partial charge in [-0.05, 0) is 25.5 Å². The summed E-state index contributed by atoms with van der Waals surface area (Å²) in [6.07, 6.45) is 7.06. The third-order valence-corrected chi connectivity index (χ3v) is 5.27. The third-order valence-electron chi connectivity index (χ3n) is 5.27. The van der Waals surface area contributed by atoms with Gasteiger partial charge in [0.1, 0.15) is 23.9 Å². The molecule has 0 spiro atoms. The van der Waals surface area contributed by atoms with E-state index >= 15 is 0 Å². The first-order valence-electron chi connectivity index (χ1n) is 10.3. The quantitative estimate of drug-likeness (QED) is 0.510. The SMILES string of the molecule is COc1cc(Nc2ncc3c(n2)N(c2ccccc2C)CCO3)ncc1-n1cnc(C)c1. The van der Waals surface area contributed by atoms with E-state index in [1.54, 1.807) is 25.8 Å². The zero-order valence-corrected chi connectivity index (χ0v) is 18.1. The lowest BCUT2D eigenvalue weighted by Gasteiger charge is -2.31. The van der Waals surface area contributed by atoms with Gasteiger partial charge in [0.2, 0.25) is 5.95 Å². The molecule has 32 heavy (non-hydrogen) atoms. The van der Waals surface area contributed by atoms with Gasteiger partial charge >= 0.3 is 0 Å². The number of methoxy groups -OCH3 is 1. The first kappa shape index (κ1) is 19.8. The molecule has 1 aliphatic heterocycles. The summed E-state index contributed by atoms with van der Waals surface area (Å²) in [4.78, 5) is 20.1. The van der Waals surface area contributed by atoms with Crippen molar-refractivity contribution in [2.75, 3.05) is 30.5 Å². The largest absolute Gasteiger partial charge is 0.494 e. The van der Waals surface area contributed by atoms with Gasteiger partial charge in [0.25, 0.3) is 0 Å². The number of imidazole rings is 1. The zero-order valence-electron chi connectivity index (χ0n) is 18.1.